The Labute approximate surface area is 139 Å². The summed E-state index contributed by atoms with van der Waals surface area (Å²) < 4.78 is 3.05. The van der Waals surface area contributed by atoms with E-state index in [1.165, 1.54) is 6.33 Å². The van der Waals surface area contributed by atoms with Gasteiger partial charge in [0.2, 0.25) is 0 Å². The molecule has 22 heavy (non-hydrogen) atoms. The van der Waals surface area contributed by atoms with Crippen LogP contribution in [0.15, 0.2) is 41.7 Å². The number of halogens is 1. The minimum atomic E-state index is 0.601. The lowest BCUT2D eigenvalue weighted by Gasteiger charge is -2.08. The van der Waals surface area contributed by atoms with E-state index in [0.717, 1.165) is 16.0 Å². The van der Waals surface area contributed by atoms with E-state index in [2.05, 4.69) is 25.0 Å². The Morgan fingerprint density at radius 3 is 2.82 bits per heavy atom. The highest BCUT2D eigenvalue weighted by atomic mass is 35.5. The lowest BCUT2D eigenvalue weighted by molar-refractivity contribution is 1.20. The van der Waals surface area contributed by atoms with Gasteiger partial charge in [0.05, 0.1) is 10.4 Å². The summed E-state index contributed by atoms with van der Waals surface area (Å²) in [6, 6.07) is 8.04. The molecule has 0 radical (unpaired) electrons. The summed E-state index contributed by atoms with van der Waals surface area (Å²) in [7, 11) is 1.89. The van der Waals surface area contributed by atoms with E-state index < -0.39 is 0 Å². The summed E-state index contributed by atoms with van der Waals surface area (Å²) in [4.78, 5) is 12.5. The summed E-state index contributed by atoms with van der Waals surface area (Å²) in [6.45, 7) is 4.00. The lowest BCUT2D eigenvalue weighted by atomic mass is 10.3. The smallest absolute Gasteiger partial charge is 0.144 e. The number of aromatic amines is 1. The van der Waals surface area contributed by atoms with Crippen molar-refractivity contribution >= 4 is 46.1 Å². The largest absolute Gasteiger partial charge is 0.344 e. The molecular weight excluding hydrogens is 318 g/mol. The topological polar surface area (TPSA) is 65.6 Å². The number of rotatable bonds is 4. The first-order valence-electron chi connectivity index (χ1n) is 6.96. The molecule has 0 bridgehead atoms. The van der Waals surface area contributed by atoms with Crippen LogP contribution in [0.25, 0.3) is 11.0 Å². The van der Waals surface area contributed by atoms with Crippen molar-refractivity contribution in [2.24, 2.45) is 0 Å². The van der Waals surface area contributed by atoms with Gasteiger partial charge < -0.3 is 10.3 Å². The average Bonchev–Trinajstić information content (AvgIpc) is 2.93. The van der Waals surface area contributed by atoms with Gasteiger partial charge >= 0.3 is 0 Å². The van der Waals surface area contributed by atoms with Crippen LogP contribution in [0.3, 0.4) is 0 Å². The molecule has 0 aliphatic rings. The zero-order chi connectivity index (χ0) is 15.9. The maximum absolute atomic E-state index is 6.16. The Bertz CT molecular complexity index is 744. The number of benzene rings is 1. The SMILES string of the molecule is CC.CNSc1cccc(Nc2ncnc3[nH]cc(Cl)c23)c1. The average molecular weight is 336 g/mol. The number of H-pyrrole nitrogens is 1. The van der Waals surface area contributed by atoms with E-state index in [-0.39, 0.29) is 0 Å². The number of hydrogen-bond acceptors (Lipinski definition) is 5. The highest BCUT2D eigenvalue weighted by Gasteiger charge is 2.09. The Morgan fingerprint density at radius 1 is 1.23 bits per heavy atom. The molecule has 1 aromatic carbocycles. The molecule has 0 saturated carbocycles. The highest BCUT2D eigenvalue weighted by Crippen LogP contribution is 2.29. The van der Waals surface area contributed by atoms with Crippen LogP contribution < -0.4 is 10.0 Å². The van der Waals surface area contributed by atoms with E-state index in [0.29, 0.717) is 16.5 Å². The van der Waals surface area contributed by atoms with Gasteiger partial charge in [-0.2, -0.15) is 0 Å². The van der Waals surface area contributed by atoms with Crippen molar-refractivity contribution in [1.29, 1.82) is 0 Å². The summed E-state index contributed by atoms with van der Waals surface area (Å²) in [5.41, 5.74) is 1.66. The molecule has 0 atom stereocenters. The second-order valence-corrected chi connectivity index (χ2v) is 5.53. The first kappa shape index (κ1) is 16.6. The van der Waals surface area contributed by atoms with Crippen molar-refractivity contribution in [3.8, 4) is 0 Å². The molecule has 2 aromatic heterocycles. The van der Waals surface area contributed by atoms with Gasteiger partial charge in [0.15, 0.2) is 0 Å². The molecule has 3 rings (SSSR count). The van der Waals surface area contributed by atoms with Gasteiger partial charge in [-0.1, -0.05) is 31.5 Å². The Kier molecular flexibility index (Phi) is 6.06. The molecule has 3 N–H and O–H groups in total. The third kappa shape index (κ3) is 3.71. The number of fused-ring (bicyclic) bond motifs is 1. The standard InChI is InChI=1S/C13H12ClN5S.C2H6/c1-15-20-9-4-2-3-8(5-9)19-13-11-10(14)6-16-12(11)17-7-18-13;1-2/h2-7,15H,1H3,(H2,16,17,18,19);1-2H3. The minimum absolute atomic E-state index is 0.601. The van der Waals surface area contributed by atoms with Gasteiger partial charge in [-0.3, -0.25) is 4.72 Å². The van der Waals surface area contributed by atoms with E-state index in [4.69, 9.17) is 11.6 Å². The van der Waals surface area contributed by atoms with E-state index in [1.54, 1.807) is 18.1 Å². The maximum Gasteiger partial charge on any atom is 0.144 e. The second kappa shape index (κ2) is 8.03. The first-order chi connectivity index (χ1) is 10.8. The van der Waals surface area contributed by atoms with Crippen molar-refractivity contribution in [2.45, 2.75) is 18.7 Å². The molecule has 0 unspecified atom stereocenters. The van der Waals surface area contributed by atoms with Crippen molar-refractivity contribution in [3.63, 3.8) is 0 Å². The van der Waals surface area contributed by atoms with Crippen molar-refractivity contribution < 1.29 is 0 Å². The zero-order valence-electron chi connectivity index (χ0n) is 12.6. The quantitative estimate of drug-likeness (QED) is 0.608. The third-order valence-electron chi connectivity index (χ3n) is 2.74. The number of anilines is 2. The summed E-state index contributed by atoms with van der Waals surface area (Å²) >= 11 is 7.71. The fourth-order valence-corrected chi connectivity index (χ4v) is 2.71. The molecule has 7 heteroatoms. The second-order valence-electron chi connectivity index (χ2n) is 4.04. The summed E-state index contributed by atoms with van der Waals surface area (Å²) in [5, 5.41) is 4.67. The van der Waals surface area contributed by atoms with Gasteiger partial charge in [0.25, 0.3) is 0 Å². The van der Waals surface area contributed by atoms with Crippen LogP contribution in [0.2, 0.25) is 5.02 Å². The number of nitrogens with zero attached hydrogens (tertiary/aromatic N) is 2. The van der Waals surface area contributed by atoms with Crippen LogP contribution in [0.4, 0.5) is 11.5 Å². The lowest BCUT2D eigenvalue weighted by Crippen LogP contribution is -1.96. The number of nitrogens with one attached hydrogen (secondary N) is 3. The Hall–Kier alpha value is -1.76. The maximum atomic E-state index is 6.16. The van der Waals surface area contributed by atoms with Gasteiger partial charge in [-0.15, -0.1) is 0 Å². The van der Waals surface area contributed by atoms with E-state index in [1.807, 2.05) is 45.2 Å². The van der Waals surface area contributed by atoms with Crippen LogP contribution in [0, 0.1) is 0 Å². The van der Waals surface area contributed by atoms with Crippen LogP contribution in [-0.4, -0.2) is 22.0 Å². The normalized spacial score (nSPS) is 10.2. The molecule has 0 aliphatic carbocycles. The van der Waals surface area contributed by atoms with Crippen LogP contribution in [-0.2, 0) is 0 Å². The van der Waals surface area contributed by atoms with Gasteiger partial charge in [-0.25, -0.2) is 9.97 Å². The van der Waals surface area contributed by atoms with Crippen molar-refractivity contribution in [3.05, 3.63) is 41.8 Å². The molecule has 0 aliphatic heterocycles. The molecule has 0 fully saturated rings. The third-order valence-corrected chi connectivity index (χ3v) is 3.73. The van der Waals surface area contributed by atoms with Crippen LogP contribution in [0.5, 0.6) is 0 Å². The molecule has 0 spiro atoms. The molecule has 0 amide bonds. The minimum Gasteiger partial charge on any atom is -0.344 e. The number of aromatic nitrogens is 3. The van der Waals surface area contributed by atoms with E-state index in [9.17, 15) is 0 Å². The summed E-state index contributed by atoms with van der Waals surface area (Å²) in [6.07, 6.45) is 3.21. The first-order valence-corrected chi connectivity index (χ1v) is 8.15. The monoisotopic (exact) mass is 335 g/mol. The fraction of sp³-hybridized carbons (Fsp3) is 0.200. The molecule has 0 saturated heterocycles. The van der Waals surface area contributed by atoms with Crippen molar-refractivity contribution in [1.82, 2.24) is 19.7 Å². The molecule has 5 nitrogen and oxygen atoms in total. The molecule has 3 aromatic rings. The molecular formula is C15H18ClN5S. The van der Waals surface area contributed by atoms with Gasteiger partial charge in [0, 0.05) is 16.8 Å². The van der Waals surface area contributed by atoms with Gasteiger partial charge in [0.1, 0.15) is 17.8 Å². The fourth-order valence-electron chi connectivity index (χ4n) is 1.91. The molecule has 116 valence electrons. The van der Waals surface area contributed by atoms with Crippen LogP contribution >= 0.6 is 23.5 Å². The zero-order valence-corrected chi connectivity index (χ0v) is 14.2. The molecule has 2 heterocycles. The predicted molar refractivity (Wildman–Crippen MR) is 94.9 cm³/mol. The highest BCUT2D eigenvalue weighted by molar-refractivity contribution is 7.97. The Balaban J connectivity index is 0.000000847. The van der Waals surface area contributed by atoms with Crippen molar-refractivity contribution in [2.75, 3.05) is 12.4 Å². The Morgan fingerprint density at radius 2 is 2.05 bits per heavy atom. The predicted octanol–water partition coefficient (Wildman–Crippen LogP) is 4.61. The van der Waals surface area contributed by atoms with Crippen LogP contribution in [0.1, 0.15) is 13.8 Å². The number of hydrogen-bond donors (Lipinski definition) is 3. The van der Waals surface area contributed by atoms with Gasteiger partial charge in [-0.05, 0) is 37.2 Å². The van der Waals surface area contributed by atoms with E-state index >= 15 is 0 Å². The summed E-state index contributed by atoms with van der Waals surface area (Å²) in [5.74, 6) is 0.688.